The maximum absolute atomic E-state index is 13.8. The zero-order valence-corrected chi connectivity index (χ0v) is 26.4. The zero-order chi connectivity index (χ0) is 28.8. The van der Waals surface area contributed by atoms with Crippen LogP contribution in [0.3, 0.4) is 0 Å². The third kappa shape index (κ3) is 5.23. The molecule has 1 unspecified atom stereocenters. The Morgan fingerprint density at radius 2 is 1.29 bits per heavy atom. The average Bonchev–Trinajstić information content (AvgIpc) is 3.44. The zero-order valence-electron chi connectivity index (χ0n) is 24.7. The standard InChI is InChI=1S/C37H40NOPS/c1-26-34(31-19-13-8-14-20-31)40-25-37(26,5)32(29-17-11-7-12-18-29)35(40)33(38-41(39)36(2,3)4)30-23-21-28(22-24-30)27-15-9-6-10-16-27/h6-24,32-33,35,38H,25H2,1-5H3/t32-,33+,35+,37+,40-,41?/m0/s1. The van der Waals surface area contributed by atoms with Crippen molar-refractivity contribution < 1.29 is 4.55 Å². The largest absolute Gasteiger partial charge is 0.598 e. The van der Waals surface area contributed by atoms with Gasteiger partial charge in [0.2, 0.25) is 0 Å². The molecule has 0 aliphatic carbocycles. The molecule has 2 heterocycles. The van der Waals surface area contributed by atoms with Crippen molar-refractivity contribution in [3.63, 3.8) is 0 Å². The van der Waals surface area contributed by atoms with Crippen LogP contribution in [0.5, 0.6) is 0 Å². The molecule has 210 valence electrons. The molecule has 2 aliphatic rings. The molecular formula is C37H40NOPS. The molecular weight excluding hydrogens is 537 g/mol. The predicted molar refractivity (Wildman–Crippen MR) is 178 cm³/mol. The van der Waals surface area contributed by atoms with Crippen LogP contribution in [0, 0.1) is 5.41 Å². The molecule has 0 saturated carbocycles. The van der Waals surface area contributed by atoms with Crippen LogP contribution in [-0.2, 0) is 11.4 Å². The second-order valence-electron chi connectivity index (χ2n) is 12.7. The Labute approximate surface area is 250 Å². The topological polar surface area (TPSA) is 35.1 Å². The molecule has 0 aromatic heterocycles. The highest BCUT2D eigenvalue weighted by atomic mass is 32.2. The van der Waals surface area contributed by atoms with Crippen LogP contribution >= 0.6 is 7.92 Å². The lowest BCUT2D eigenvalue weighted by molar-refractivity contribution is 0.345. The van der Waals surface area contributed by atoms with Crippen LogP contribution in [0.4, 0.5) is 0 Å². The van der Waals surface area contributed by atoms with Crippen LogP contribution in [-0.4, -0.2) is 21.1 Å². The molecule has 1 fully saturated rings. The lowest BCUT2D eigenvalue weighted by Crippen LogP contribution is -2.46. The molecule has 0 radical (unpaired) electrons. The molecule has 2 aliphatic heterocycles. The second kappa shape index (κ2) is 11.2. The Kier molecular flexibility index (Phi) is 7.76. The molecule has 2 bridgehead atoms. The van der Waals surface area contributed by atoms with E-state index in [-0.39, 0.29) is 16.2 Å². The maximum atomic E-state index is 13.8. The van der Waals surface area contributed by atoms with Gasteiger partial charge in [0, 0.05) is 28.4 Å². The van der Waals surface area contributed by atoms with Crippen LogP contribution in [0.15, 0.2) is 121 Å². The Morgan fingerprint density at radius 3 is 1.85 bits per heavy atom. The highest BCUT2D eigenvalue weighted by Gasteiger charge is 2.61. The molecule has 0 amide bonds. The normalized spacial score (nSPS) is 25.4. The highest BCUT2D eigenvalue weighted by Crippen LogP contribution is 2.80. The van der Waals surface area contributed by atoms with Gasteiger partial charge >= 0.3 is 0 Å². The number of rotatable bonds is 7. The third-order valence-electron chi connectivity index (χ3n) is 9.10. The highest BCUT2D eigenvalue weighted by molar-refractivity contribution is 7.90. The molecule has 0 spiro atoms. The van der Waals surface area contributed by atoms with Crippen LogP contribution in [0.25, 0.3) is 16.4 Å². The van der Waals surface area contributed by atoms with Gasteiger partial charge in [-0.2, -0.15) is 0 Å². The summed E-state index contributed by atoms with van der Waals surface area (Å²) in [6.45, 7) is 11.1. The van der Waals surface area contributed by atoms with E-state index in [9.17, 15) is 4.55 Å². The van der Waals surface area contributed by atoms with E-state index in [0.29, 0.717) is 11.6 Å². The number of allylic oxidation sites excluding steroid dienone is 1. The fourth-order valence-corrected chi connectivity index (χ4v) is 12.3. The first-order chi connectivity index (χ1) is 19.7. The van der Waals surface area contributed by atoms with Gasteiger partial charge in [-0.25, -0.2) is 0 Å². The molecule has 1 N–H and O–H groups in total. The molecule has 4 aromatic carbocycles. The van der Waals surface area contributed by atoms with Gasteiger partial charge in [-0.05, 0) is 67.0 Å². The first-order valence-electron chi connectivity index (χ1n) is 14.6. The summed E-state index contributed by atoms with van der Waals surface area (Å²) < 4.78 is 17.2. The van der Waals surface area contributed by atoms with Gasteiger partial charge in [-0.1, -0.05) is 136 Å². The van der Waals surface area contributed by atoms with Crippen LogP contribution < -0.4 is 4.72 Å². The molecule has 4 heteroatoms. The summed E-state index contributed by atoms with van der Waals surface area (Å²) in [5.74, 6) is 0.338. The van der Waals surface area contributed by atoms with E-state index >= 15 is 0 Å². The van der Waals surface area contributed by atoms with E-state index < -0.39 is 19.3 Å². The second-order valence-corrected chi connectivity index (χ2v) is 17.0. The van der Waals surface area contributed by atoms with Gasteiger partial charge in [0.25, 0.3) is 0 Å². The van der Waals surface area contributed by atoms with E-state index in [1.165, 1.54) is 39.6 Å². The molecule has 41 heavy (non-hydrogen) atoms. The summed E-state index contributed by atoms with van der Waals surface area (Å²) in [4.78, 5) is 0. The Bertz CT molecular complexity index is 1510. The Balaban J connectivity index is 1.50. The van der Waals surface area contributed by atoms with Gasteiger partial charge in [0.05, 0.1) is 6.04 Å². The van der Waals surface area contributed by atoms with Gasteiger partial charge in [0.1, 0.15) is 4.75 Å². The van der Waals surface area contributed by atoms with Crippen molar-refractivity contribution in [3.05, 3.63) is 138 Å². The maximum Gasteiger partial charge on any atom is 0.136 e. The summed E-state index contributed by atoms with van der Waals surface area (Å²) in [7, 11) is -0.521. The van der Waals surface area contributed by atoms with Gasteiger partial charge in [0.15, 0.2) is 0 Å². The van der Waals surface area contributed by atoms with E-state index in [1.54, 1.807) is 5.31 Å². The average molecular weight is 578 g/mol. The monoisotopic (exact) mass is 577 g/mol. The summed E-state index contributed by atoms with van der Waals surface area (Å²) in [5.41, 5.74) is 8.28. The smallest absolute Gasteiger partial charge is 0.136 e. The van der Waals surface area contributed by atoms with Gasteiger partial charge < -0.3 is 4.55 Å². The minimum absolute atomic E-state index is 0.0372. The fraction of sp³-hybridized carbons (Fsp3) is 0.297. The van der Waals surface area contributed by atoms with Crippen LogP contribution in [0.2, 0.25) is 0 Å². The molecule has 2 nitrogen and oxygen atoms in total. The van der Waals surface area contributed by atoms with Crippen molar-refractivity contribution in [2.45, 2.75) is 57.0 Å². The number of benzene rings is 4. The van der Waals surface area contributed by atoms with Crippen molar-refractivity contribution in [3.8, 4) is 11.1 Å². The number of hydrogen-bond donors (Lipinski definition) is 1. The van der Waals surface area contributed by atoms with Crippen molar-refractivity contribution in [2.75, 3.05) is 6.16 Å². The van der Waals surface area contributed by atoms with E-state index in [0.717, 1.165) is 0 Å². The first-order valence-corrected chi connectivity index (χ1v) is 17.3. The molecule has 4 aromatic rings. The van der Waals surface area contributed by atoms with E-state index in [2.05, 4.69) is 155 Å². The van der Waals surface area contributed by atoms with Crippen LogP contribution in [0.1, 0.15) is 63.3 Å². The number of fused-ring (bicyclic) bond motifs is 2. The van der Waals surface area contributed by atoms with Crippen molar-refractivity contribution >= 4 is 24.6 Å². The Hall–Kier alpha value is -2.68. The summed E-state index contributed by atoms with van der Waals surface area (Å²) in [5, 5.41) is 1.55. The minimum atomic E-state index is -1.21. The molecule has 6 atom stereocenters. The van der Waals surface area contributed by atoms with E-state index in [1.807, 2.05) is 0 Å². The lowest BCUT2D eigenvalue weighted by Gasteiger charge is -2.43. The van der Waals surface area contributed by atoms with Crippen molar-refractivity contribution in [2.24, 2.45) is 5.41 Å². The third-order valence-corrected chi connectivity index (χ3v) is 14.2. The van der Waals surface area contributed by atoms with Crippen molar-refractivity contribution in [1.29, 1.82) is 0 Å². The van der Waals surface area contributed by atoms with Gasteiger partial charge in [-0.15, -0.1) is 4.72 Å². The quantitative estimate of drug-likeness (QED) is 0.175. The SMILES string of the molecule is CC1=C(c2ccccc2)[P@]2C[C@@]1(C)[C@@H](c1ccccc1)[C@@H]2[C@H](N[S+]([O-])C(C)(C)C)c1ccc(-c2ccccc2)cc1. The van der Waals surface area contributed by atoms with E-state index in [4.69, 9.17) is 0 Å². The number of nitrogens with one attached hydrogen (secondary N) is 1. The summed E-state index contributed by atoms with van der Waals surface area (Å²) in [6, 6.07) is 41.6. The molecule has 6 rings (SSSR count). The lowest BCUT2D eigenvalue weighted by atomic mass is 9.67. The minimum Gasteiger partial charge on any atom is -0.598 e. The number of hydrogen-bond acceptors (Lipinski definition) is 2. The van der Waals surface area contributed by atoms with Crippen molar-refractivity contribution in [1.82, 2.24) is 4.72 Å². The first kappa shape index (κ1) is 28.4. The fourth-order valence-electron chi connectivity index (χ4n) is 6.90. The predicted octanol–water partition coefficient (Wildman–Crippen LogP) is 9.55. The Morgan fingerprint density at radius 1 is 0.780 bits per heavy atom. The molecule has 1 saturated heterocycles. The summed E-state index contributed by atoms with van der Waals surface area (Å²) >= 11 is -1.21. The van der Waals surface area contributed by atoms with Gasteiger partial charge in [-0.3, -0.25) is 0 Å². The summed E-state index contributed by atoms with van der Waals surface area (Å²) in [6.07, 6.45) is 1.17.